The number of carbonyl (C=O) groups excluding carboxylic acids is 2. The Morgan fingerprint density at radius 2 is 1.79 bits per heavy atom. The van der Waals surface area contributed by atoms with Crippen molar-refractivity contribution >= 4 is 11.8 Å². The van der Waals surface area contributed by atoms with Crippen molar-refractivity contribution in [3.63, 3.8) is 0 Å². The first-order valence-corrected chi connectivity index (χ1v) is 9.76. The van der Waals surface area contributed by atoms with Crippen molar-refractivity contribution in [2.24, 2.45) is 11.8 Å². The second-order valence-electron chi connectivity index (χ2n) is 8.18. The molecule has 4 rings (SSSR count). The van der Waals surface area contributed by atoms with Gasteiger partial charge in [0.05, 0.1) is 6.04 Å². The molecular weight excluding hydrogens is 371 g/mol. The summed E-state index contributed by atoms with van der Waals surface area (Å²) in [5.41, 5.74) is 7.99. The Bertz CT molecular complexity index is 799. The van der Waals surface area contributed by atoms with Gasteiger partial charge in [-0.3, -0.25) is 15.3 Å². The molecule has 3 atom stereocenters. The van der Waals surface area contributed by atoms with Gasteiger partial charge in [-0.2, -0.15) is 0 Å². The van der Waals surface area contributed by atoms with Crippen molar-refractivity contribution in [2.45, 2.75) is 44.2 Å². The largest absolute Gasteiger partial charge is 0.340 e. The van der Waals surface area contributed by atoms with Gasteiger partial charge in [0.2, 0.25) is 11.8 Å². The second kappa shape index (κ2) is 7.39. The van der Waals surface area contributed by atoms with Crippen LogP contribution >= 0.6 is 0 Å². The topological polar surface area (TPSA) is 64.4 Å². The van der Waals surface area contributed by atoms with Crippen LogP contribution in [-0.2, 0) is 16.0 Å². The van der Waals surface area contributed by atoms with E-state index in [0.717, 1.165) is 25.3 Å². The van der Waals surface area contributed by atoms with E-state index in [1.807, 2.05) is 4.90 Å². The number of amides is 2. The summed E-state index contributed by atoms with van der Waals surface area (Å²) in [5.74, 6) is -2.91. The molecule has 0 bridgehead atoms. The van der Waals surface area contributed by atoms with Gasteiger partial charge in [-0.25, -0.2) is 13.2 Å². The number of fused-ring (bicyclic) bond motifs is 1. The minimum atomic E-state index is -1.27. The highest BCUT2D eigenvalue weighted by molar-refractivity contribution is 5.82. The van der Waals surface area contributed by atoms with Gasteiger partial charge in [0.15, 0.2) is 11.6 Å². The van der Waals surface area contributed by atoms with E-state index in [0.29, 0.717) is 25.7 Å². The molecule has 5 nitrogen and oxygen atoms in total. The van der Waals surface area contributed by atoms with Crippen LogP contribution in [0.25, 0.3) is 0 Å². The summed E-state index contributed by atoms with van der Waals surface area (Å²) in [7, 11) is 0. The van der Waals surface area contributed by atoms with Crippen molar-refractivity contribution in [1.29, 1.82) is 0 Å². The molecule has 2 heterocycles. The molecule has 0 spiro atoms. The number of rotatable bonds is 5. The number of likely N-dealkylation sites (tertiary alicyclic amines) is 2. The molecule has 1 aromatic carbocycles. The summed E-state index contributed by atoms with van der Waals surface area (Å²) in [6.45, 7) is 1.84. The molecule has 1 aliphatic carbocycles. The van der Waals surface area contributed by atoms with Crippen LogP contribution in [0.3, 0.4) is 0 Å². The summed E-state index contributed by atoms with van der Waals surface area (Å²) >= 11 is 0. The highest BCUT2D eigenvalue weighted by Crippen LogP contribution is 2.37. The molecule has 1 saturated carbocycles. The molecule has 8 heteroatoms. The van der Waals surface area contributed by atoms with Crippen LogP contribution in [0.15, 0.2) is 12.1 Å². The quantitative estimate of drug-likeness (QED) is 0.719. The molecule has 151 valence electrons. The van der Waals surface area contributed by atoms with E-state index < -0.39 is 23.5 Å². The molecule has 1 aromatic rings. The summed E-state index contributed by atoms with van der Waals surface area (Å²) < 4.78 is 40.1. The van der Waals surface area contributed by atoms with E-state index in [2.05, 4.69) is 0 Å². The van der Waals surface area contributed by atoms with Crippen molar-refractivity contribution in [1.82, 2.24) is 15.5 Å². The monoisotopic (exact) mass is 394 g/mol. The van der Waals surface area contributed by atoms with Crippen LogP contribution in [-0.4, -0.2) is 53.3 Å². The maximum absolute atomic E-state index is 13.8. The lowest BCUT2D eigenvalue weighted by molar-refractivity contribution is -0.135. The first-order valence-electron chi connectivity index (χ1n) is 9.76. The van der Waals surface area contributed by atoms with E-state index in [1.54, 1.807) is 4.90 Å². The normalized spacial score (nSPS) is 25.1. The Balaban J connectivity index is 1.34. The fourth-order valence-electron chi connectivity index (χ4n) is 4.43. The van der Waals surface area contributed by atoms with Crippen molar-refractivity contribution in [3.05, 3.63) is 35.1 Å². The smallest absolute Gasteiger partial charge is 0.225 e. The average molecular weight is 394 g/mol. The molecule has 1 N–H and O–H groups in total. The lowest BCUT2D eigenvalue weighted by atomic mass is 10.0. The summed E-state index contributed by atoms with van der Waals surface area (Å²) in [4.78, 5) is 28.6. The Morgan fingerprint density at radius 3 is 2.50 bits per heavy atom. The molecule has 2 aliphatic heterocycles. The number of carbonyl (C=O) groups is 2. The molecule has 3 fully saturated rings. The van der Waals surface area contributed by atoms with Crippen molar-refractivity contribution in [3.8, 4) is 0 Å². The molecule has 28 heavy (non-hydrogen) atoms. The molecule has 3 aliphatic rings. The number of nitrogens with one attached hydrogen (secondary N) is 1. The molecule has 2 amide bonds. The van der Waals surface area contributed by atoms with Crippen LogP contribution in [0.4, 0.5) is 13.2 Å². The highest BCUT2D eigenvalue weighted by Gasteiger charge is 2.46. The molecule has 0 unspecified atom stereocenters. The van der Waals surface area contributed by atoms with Gasteiger partial charge in [-0.05, 0) is 37.3 Å². The minimum Gasteiger partial charge on any atom is -0.340 e. The van der Waals surface area contributed by atoms with Gasteiger partial charge < -0.3 is 9.80 Å². The van der Waals surface area contributed by atoms with Crippen molar-refractivity contribution in [2.75, 3.05) is 19.6 Å². The fraction of sp³-hybridized carbons (Fsp3) is 0.600. The van der Waals surface area contributed by atoms with Gasteiger partial charge in [0, 0.05) is 50.0 Å². The number of halogens is 3. The third kappa shape index (κ3) is 3.74. The number of benzene rings is 1. The number of nitrogens with zero attached hydrogens (tertiary/aromatic N) is 2. The third-order valence-corrected chi connectivity index (χ3v) is 6.08. The van der Waals surface area contributed by atoms with Crippen molar-refractivity contribution < 1.29 is 22.8 Å². The standard InChI is InChI=1S/C20H23F3N3O2/c21-15-8-17(23)16(22)6-13(15)5-14(24)7-19(27)26-4-3-12-9-25(10-18(12)26)20(28)11-1-2-11/h6,8,11-12,14,18,24H,1-5,7,9-10H2/t12-,14-,18+/m1/s1. The maximum Gasteiger partial charge on any atom is 0.225 e. The van der Waals surface area contributed by atoms with Gasteiger partial charge in [0.1, 0.15) is 5.82 Å². The van der Waals surface area contributed by atoms with Crippen LogP contribution in [0, 0.1) is 29.3 Å². The van der Waals surface area contributed by atoms with Gasteiger partial charge in [0.25, 0.3) is 0 Å². The maximum atomic E-state index is 13.8. The van der Waals surface area contributed by atoms with Crippen LogP contribution in [0.2, 0.25) is 0 Å². The Morgan fingerprint density at radius 1 is 1.07 bits per heavy atom. The molecule has 1 radical (unpaired) electrons. The predicted octanol–water partition coefficient (Wildman–Crippen LogP) is 2.16. The SMILES string of the molecule is [NH][C@@H](CC(=O)N1CC[C@@H]2CN(C(=O)C3CC3)C[C@@H]21)Cc1cc(F)c(F)cc1F. The molecule has 0 aromatic heterocycles. The zero-order chi connectivity index (χ0) is 20.0. The Hall–Kier alpha value is -2.09. The van der Waals surface area contributed by atoms with Crippen LogP contribution < -0.4 is 5.73 Å². The zero-order valence-electron chi connectivity index (χ0n) is 15.5. The summed E-state index contributed by atoms with van der Waals surface area (Å²) in [6, 6.07) is 0.258. The van der Waals surface area contributed by atoms with E-state index in [9.17, 15) is 22.8 Å². The lowest BCUT2D eigenvalue weighted by Gasteiger charge is -2.26. The van der Waals surface area contributed by atoms with E-state index in [-0.39, 0.29) is 48.1 Å². The van der Waals surface area contributed by atoms with Gasteiger partial charge in [-0.1, -0.05) is 0 Å². The minimum absolute atomic E-state index is 0.0117. The summed E-state index contributed by atoms with van der Waals surface area (Å²) in [6.07, 6.45) is 2.47. The zero-order valence-corrected chi connectivity index (χ0v) is 15.5. The first-order chi connectivity index (χ1) is 13.3. The Labute approximate surface area is 161 Å². The van der Waals surface area contributed by atoms with E-state index in [4.69, 9.17) is 5.73 Å². The summed E-state index contributed by atoms with van der Waals surface area (Å²) in [5, 5.41) is 0. The molecular formula is C20H23F3N3O2. The fourth-order valence-corrected chi connectivity index (χ4v) is 4.43. The number of hydrogen-bond donors (Lipinski definition) is 0. The predicted molar refractivity (Wildman–Crippen MR) is 94.4 cm³/mol. The molecule has 2 saturated heterocycles. The van der Waals surface area contributed by atoms with Gasteiger partial charge >= 0.3 is 0 Å². The van der Waals surface area contributed by atoms with Gasteiger partial charge in [-0.15, -0.1) is 0 Å². The Kier molecular flexibility index (Phi) is 5.07. The van der Waals surface area contributed by atoms with Crippen LogP contribution in [0.1, 0.15) is 31.2 Å². The second-order valence-corrected chi connectivity index (χ2v) is 8.18. The van der Waals surface area contributed by atoms with E-state index >= 15 is 0 Å². The average Bonchev–Trinajstić information content (AvgIpc) is 3.27. The van der Waals surface area contributed by atoms with Crippen LogP contribution in [0.5, 0.6) is 0 Å². The lowest BCUT2D eigenvalue weighted by Crippen LogP contribution is -2.42. The van der Waals surface area contributed by atoms with E-state index in [1.165, 1.54) is 0 Å². The number of hydrogen-bond acceptors (Lipinski definition) is 2. The third-order valence-electron chi connectivity index (χ3n) is 6.08. The first kappa shape index (κ1) is 19.2. The highest BCUT2D eigenvalue weighted by atomic mass is 19.2.